The van der Waals surface area contributed by atoms with Crippen molar-refractivity contribution >= 4 is 6.09 Å². The second-order valence-corrected chi connectivity index (χ2v) is 6.72. The van der Waals surface area contributed by atoms with Crippen LogP contribution < -0.4 is 5.32 Å². The minimum absolute atomic E-state index is 0.270. The molecule has 1 saturated heterocycles. The van der Waals surface area contributed by atoms with Gasteiger partial charge in [0.05, 0.1) is 6.61 Å². The maximum absolute atomic E-state index is 11.7. The number of ether oxygens (including phenoxy) is 2. The van der Waals surface area contributed by atoms with Crippen LogP contribution in [0.5, 0.6) is 0 Å². The number of hydrogen-bond donors (Lipinski definition) is 1. The first-order chi connectivity index (χ1) is 8.39. The predicted molar refractivity (Wildman–Crippen MR) is 69.5 cm³/mol. The Balaban J connectivity index is 1.75. The SMILES string of the molecule is CC(C)(C)OC(=O)NC1CCC2(CCOC2)CC1. The number of amides is 1. The Kier molecular flexibility index (Phi) is 3.85. The van der Waals surface area contributed by atoms with Gasteiger partial charge in [-0.3, -0.25) is 0 Å². The molecule has 2 aliphatic rings. The van der Waals surface area contributed by atoms with Gasteiger partial charge in [-0.2, -0.15) is 0 Å². The summed E-state index contributed by atoms with van der Waals surface area (Å²) in [5.74, 6) is 0. The van der Waals surface area contributed by atoms with E-state index in [9.17, 15) is 4.79 Å². The van der Waals surface area contributed by atoms with E-state index in [1.807, 2.05) is 20.8 Å². The van der Waals surface area contributed by atoms with Crippen molar-refractivity contribution in [2.75, 3.05) is 13.2 Å². The number of carbonyl (C=O) groups excluding carboxylic acids is 1. The topological polar surface area (TPSA) is 47.6 Å². The lowest BCUT2D eigenvalue weighted by Gasteiger charge is -2.36. The van der Waals surface area contributed by atoms with E-state index in [4.69, 9.17) is 9.47 Å². The molecule has 4 nitrogen and oxygen atoms in total. The quantitative estimate of drug-likeness (QED) is 0.783. The molecule has 1 aliphatic carbocycles. The molecule has 0 aromatic carbocycles. The second kappa shape index (κ2) is 5.08. The highest BCUT2D eigenvalue weighted by Crippen LogP contribution is 2.42. The first-order valence-corrected chi connectivity index (χ1v) is 6.96. The lowest BCUT2D eigenvalue weighted by atomic mass is 9.72. The van der Waals surface area contributed by atoms with E-state index in [0.717, 1.165) is 38.9 Å². The highest BCUT2D eigenvalue weighted by atomic mass is 16.6. The van der Waals surface area contributed by atoms with Crippen molar-refractivity contribution in [3.8, 4) is 0 Å². The molecular weight excluding hydrogens is 230 g/mol. The van der Waals surface area contributed by atoms with Crippen LogP contribution >= 0.6 is 0 Å². The van der Waals surface area contributed by atoms with Crippen LogP contribution in [0.1, 0.15) is 52.9 Å². The number of rotatable bonds is 1. The summed E-state index contributed by atoms with van der Waals surface area (Å²) in [7, 11) is 0. The van der Waals surface area contributed by atoms with E-state index in [2.05, 4.69) is 5.32 Å². The number of alkyl carbamates (subject to hydrolysis) is 1. The molecule has 1 amide bonds. The first kappa shape index (κ1) is 13.7. The molecule has 4 heteroatoms. The van der Waals surface area contributed by atoms with Gasteiger partial charge in [-0.1, -0.05) is 0 Å². The Morgan fingerprint density at radius 1 is 1.28 bits per heavy atom. The zero-order valence-electron chi connectivity index (χ0n) is 11.8. The van der Waals surface area contributed by atoms with Crippen LogP contribution in [-0.2, 0) is 9.47 Å². The lowest BCUT2D eigenvalue weighted by molar-refractivity contribution is 0.0460. The van der Waals surface area contributed by atoms with E-state index < -0.39 is 5.60 Å². The molecule has 0 aromatic heterocycles. The third kappa shape index (κ3) is 3.61. The van der Waals surface area contributed by atoms with Gasteiger partial charge in [-0.15, -0.1) is 0 Å². The minimum Gasteiger partial charge on any atom is -0.444 e. The number of hydrogen-bond acceptors (Lipinski definition) is 3. The van der Waals surface area contributed by atoms with Gasteiger partial charge < -0.3 is 14.8 Å². The first-order valence-electron chi connectivity index (χ1n) is 6.96. The molecule has 0 aromatic rings. The molecule has 104 valence electrons. The van der Waals surface area contributed by atoms with Crippen LogP contribution in [0.25, 0.3) is 0 Å². The molecular formula is C14H25NO3. The molecule has 0 radical (unpaired) electrons. The van der Waals surface area contributed by atoms with Gasteiger partial charge in [0, 0.05) is 12.6 Å². The van der Waals surface area contributed by atoms with Crippen LogP contribution in [0.3, 0.4) is 0 Å². The monoisotopic (exact) mass is 255 g/mol. The fraction of sp³-hybridized carbons (Fsp3) is 0.929. The molecule has 2 fully saturated rings. The molecule has 0 atom stereocenters. The maximum atomic E-state index is 11.7. The van der Waals surface area contributed by atoms with Crippen LogP contribution in [-0.4, -0.2) is 30.9 Å². The van der Waals surface area contributed by atoms with E-state index >= 15 is 0 Å². The predicted octanol–water partition coefficient (Wildman–Crippen LogP) is 2.86. The summed E-state index contributed by atoms with van der Waals surface area (Å²) < 4.78 is 10.8. The molecule has 1 spiro atoms. The molecule has 0 unspecified atom stereocenters. The van der Waals surface area contributed by atoms with Gasteiger partial charge >= 0.3 is 6.09 Å². The molecule has 1 N–H and O–H groups in total. The summed E-state index contributed by atoms with van der Waals surface area (Å²) in [5, 5.41) is 2.98. The van der Waals surface area contributed by atoms with Gasteiger partial charge in [-0.25, -0.2) is 4.79 Å². The van der Waals surface area contributed by atoms with Gasteiger partial charge in [0.15, 0.2) is 0 Å². The van der Waals surface area contributed by atoms with Gasteiger partial charge in [0.25, 0.3) is 0 Å². The third-order valence-corrected chi connectivity index (χ3v) is 3.95. The van der Waals surface area contributed by atoms with Crippen LogP contribution in [0.4, 0.5) is 4.79 Å². The summed E-state index contributed by atoms with van der Waals surface area (Å²) in [6.07, 6.45) is 5.31. The zero-order valence-corrected chi connectivity index (χ0v) is 11.8. The van der Waals surface area contributed by atoms with Crippen molar-refractivity contribution in [2.24, 2.45) is 5.41 Å². The fourth-order valence-corrected chi connectivity index (χ4v) is 2.89. The highest BCUT2D eigenvalue weighted by Gasteiger charge is 2.39. The Hall–Kier alpha value is -0.770. The average molecular weight is 255 g/mol. The Morgan fingerprint density at radius 2 is 1.94 bits per heavy atom. The average Bonchev–Trinajstić information content (AvgIpc) is 2.68. The number of nitrogens with one attached hydrogen (secondary N) is 1. The number of carbonyl (C=O) groups is 1. The second-order valence-electron chi connectivity index (χ2n) is 6.72. The highest BCUT2D eigenvalue weighted by molar-refractivity contribution is 5.68. The standard InChI is InChI=1S/C14H25NO3/c1-13(2,3)18-12(16)15-11-4-6-14(7-5-11)8-9-17-10-14/h11H,4-10H2,1-3H3,(H,15,16). The Morgan fingerprint density at radius 3 is 2.44 bits per heavy atom. The van der Waals surface area contributed by atoms with E-state index in [0.29, 0.717) is 5.41 Å². The summed E-state index contributed by atoms with van der Waals surface area (Å²) in [6.45, 7) is 7.48. The molecule has 18 heavy (non-hydrogen) atoms. The zero-order chi connectivity index (χ0) is 13.2. The third-order valence-electron chi connectivity index (χ3n) is 3.95. The summed E-state index contributed by atoms with van der Waals surface area (Å²) in [6, 6.07) is 0.270. The molecule has 2 rings (SSSR count). The normalized spacial score (nSPS) is 32.5. The molecule has 1 aliphatic heterocycles. The van der Waals surface area contributed by atoms with E-state index in [1.54, 1.807) is 0 Å². The Labute approximate surface area is 109 Å². The van der Waals surface area contributed by atoms with Gasteiger partial charge in [0.2, 0.25) is 0 Å². The lowest BCUT2D eigenvalue weighted by Crippen LogP contribution is -2.43. The fourth-order valence-electron chi connectivity index (χ4n) is 2.89. The molecule has 1 saturated carbocycles. The van der Waals surface area contributed by atoms with Crippen molar-refractivity contribution in [3.05, 3.63) is 0 Å². The van der Waals surface area contributed by atoms with Crippen molar-refractivity contribution in [1.82, 2.24) is 5.32 Å². The summed E-state index contributed by atoms with van der Waals surface area (Å²) in [5.41, 5.74) is -0.00855. The van der Waals surface area contributed by atoms with Crippen molar-refractivity contribution < 1.29 is 14.3 Å². The van der Waals surface area contributed by atoms with Crippen molar-refractivity contribution in [1.29, 1.82) is 0 Å². The maximum Gasteiger partial charge on any atom is 0.407 e. The van der Waals surface area contributed by atoms with Gasteiger partial charge in [0.1, 0.15) is 5.60 Å². The van der Waals surface area contributed by atoms with Crippen LogP contribution in [0.2, 0.25) is 0 Å². The van der Waals surface area contributed by atoms with Crippen LogP contribution in [0, 0.1) is 5.41 Å². The van der Waals surface area contributed by atoms with E-state index in [-0.39, 0.29) is 12.1 Å². The minimum atomic E-state index is -0.417. The summed E-state index contributed by atoms with van der Waals surface area (Å²) >= 11 is 0. The van der Waals surface area contributed by atoms with Crippen LogP contribution in [0.15, 0.2) is 0 Å². The largest absolute Gasteiger partial charge is 0.444 e. The van der Waals surface area contributed by atoms with E-state index in [1.165, 1.54) is 6.42 Å². The van der Waals surface area contributed by atoms with Crippen molar-refractivity contribution in [3.63, 3.8) is 0 Å². The molecule has 1 heterocycles. The summed E-state index contributed by atoms with van der Waals surface area (Å²) in [4.78, 5) is 11.7. The Bertz CT molecular complexity index is 293. The smallest absolute Gasteiger partial charge is 0.407 e. The van der Waals surface area contributed by atoms with Gasteiger partial charge in [-0.05, 0) is 58.3 Å². The molecule has 0 bridgehead atoms. The van der Waals surface area contributed by atoms with Crippen molar-refractivity contribution in [2.45, 2.75) is 64.5 Å².